The highest BCUT2D eigenvalue weighted by molar-refractivity contribution is 5.94. The van der Waals surface area contributed by atoms with E-state index < -0.39 is 23.4 Å². The van der Waals surface area contributed by atoms with E-state index in [-0.39, 0.29) is 22.8 Å². The lowest BCUT2D eigenvalue weighted by Gasteiger charge is -2.36. The number of fused-ring (bicyclic) bond motifs is 1. The van der Waals surface area contributed by atoms with Crippen molar-refractivity contribution in [2.24, 2.45) is 11.8 Å². The van der Waals surface area contributed by atoms with Gasteiger partial charge in [-0.25, -0.2) is 13.6 Å². The summed E-state index contributed by atoms with van der Waals surface area (Å²) in [6.07, 6.45) is 7.20. The molecule has 0 saturated heterocycles. The number of phenolic OH excluding ortho intramolecular Hbond substituents is 1. The second-order valence-corrected chi connectivity index (χ2v) is 8.34. The number of ether oxygens (including phenoxy) is 1. The number of halogens is 2. The molecule has 154 valence electrons. The highest BCUT2D eigenvalue weighted by Gasteiger charge is 2.36. The van der Waals surface area contributed by atoms with Gasteiger partial charge in [0, 0.05) is 12.0 Å². The van der Waals surface area contributed by atoms with E-state index in [0.29, 0.717) is 17.9 Å². The normalized spacial score (nSPS) is 24.1. The summed E-state index contributed by atoms with van der Waals surface area (Å²) in [5.74, 6) is -1.56. The van der Waals surface area contributed by atoms with Gasteiger partial charge in [-0.1, -0.05) is 50.8 Å². The molecule has 1 aliphatic heterocycles. The highest BCUT2D eigenvalue weighted by Crippen LogP contribution is 2.39. The SMILES string of the molecule is CCCC1CCC(C2Cc3ccc(-c4ccc(O)c(F)c4)c(F)c3C(=O)O2)CC1. The molecule has 1 N–H and O–H groups in total. The zero-order valence-electron chi connectivity index (χ0n) is 16.6. The van der Waals surface area contributed by atoms with Gasteiger partial charge in [-0.2, -0.15) is 0 Å². The van der Waals surface area contributed by atoms with E-state index in [1.807, 2.05) is 0 Å². The summed E-state index contributed by atoms with van der Waals surface area (Å²) in [6.45, 7) is 2.21. The smallest absolute Gasteiger partial charge is 0.341 e. The summed E-state index contributed by atoms with van der Waals surface area (Å²) >= 11 is 0. The predicted octanol–water partition coefficient (Wildman–Crippen LogP) is 6.03. The first-order chi connectivity index (χ1) is 14.0. The number of aromatic hydroxyl groups is 1. The lowest BCUT2D eigenvalue weighted by molar-refractivity contribution is -0.000878. The van der Waals surface area contributed by atoms with E-state index in [1.165, 1.54) is 37.8 Å². The van der Waals surface area contributed by atoms with Crippen LogP contribution in [0.4, 0.5) is 8.78 Å². The predicted molar refractivity (Wildman–Crippen MR) is 107 cm³/mol. The van der Waals surface area contributed by atoms with Crippen molar-refractivity contribution in [1.29, 1.82) is 0 Å². The van der Waals surface area contributed by atoms with Gasteiger partial charge in [0.1, 0.15) is 11.9 Å². The van der Waals surface area contributed by atoms with E-state index in [4.69, 9.17) is 4.74 Å². The van der Waals surface area contributed by atoms with Gasteiger partial charge in [-0.3, -0.25) is 0 Å². The van der Waals surface area contributed by atoms with Crippen molar-refractivity contribution in [3.8, 4) is 16.9 Å². The lowest BCUT2D eigenvalue weighted by Crippen LogP contribution is -2.36. The maximum Gasteiger partial charge on any atom is 0.341 e. The highest BCUT2D eigenvalue weighted by atomic mass is 19.1. The summed E-state index contributed by atoms with van der Waals surface area (Å²) in [6, 6.07) is 6.98. The molecule has 29 heavy (non-hydrogen) atoms. The standard InChI is InChI=1S/C24H26F2O3/c1-2-3-14-4-6-15(7-5-14)21-13-17-8-10-18(23(26)22(17)24(28)29-21)16-9-11-20(27)19(25)12-16/h8-12,14-15,21,27H,2-7,13H2,1H3. The van der Waals surface area contributed by atoms with Gasteiger partial charge in [0.25, 0.3) is 0 Å². The number of hydrogen-bond donors (Lipinski definition) is 1. The van der Waals surface area contributed by atoms with Gasteiger partial charge in [-0.05, 0) is 47.9 Å². The second kappa shape index (κ2) is 8.13. The van der Waals surface area contributed by atoms with Crippen LogP contribution in [-0.4, -0.2) is 17.2 Å². The quantitative estimate of drug-likeness (QED) is 0.638. The first kappa shape index (κ1) is 19.9. The van der Waals surface area contributed by atoms with Crippen LogP contribution >= 0.6 is 0 Å². The van der Waals surface area contributed by atoms with Crippen LogP contribution in [0, 0.1) is 23.5 Å². The van der Waals surface area contributed by atoms with E-state index >= 15 is 4.39 Å². The van der Waals surface area contributed by atoms with Crippen LogP contribution in [-0.2, 0) is 11.2 Å². The van der Waals surface area contributed by atoms with Gasteiger partial charge in [0.05, 0.1) is 5.56 Å². The molecule has 1 fully saturated rings. The minimum Gasteiger partial charge on any atom is -0.505 e. The van der Waals surface area contributed by atoms with Gasteiger partial charge < -0.3 is 9.84 Å². The van der Waals surface area contributed by atoms with Crippen molar-refractivity contribution in [1.82, 2.24) is 0 Å². The molecule has 1 saturated carbocycles. The summed E-state index contributed by atoms with van der Waals surface area (Å²) in [5, 5.41) is 9.35. The number of rotatable bonds is 4. The zero-order valence-corrected chi connectivity index (χ0v) is 16.6. The van der Waals surface area contributed by atoms with Crippen LogP contribution in [0.3, 0.4) is 0 Å². The Balaban J connectivity index is 1.56. The molecule has 2 aromatic carbocycles. The number of hydrogen-bond acceptors (Lipinski definition) is 3. The molecule has 2 aliphatic rings. The fourth-order valence-corrected chi connectivity index (χ4v) is 4.88. The summed E-state index contributed by atoms with van der Waals surface area (Å²) < 4.78 is 34.5. The molecule has 0 spiro atoms. The van der Waals surface area contributed by atoms with E-state index in [0.717, 1.165) is 24.8 Å². The lowest BCUT2D eigenvalue weighted by atomic mass is 9.76. The summed E-state index contributed by atoms with van der Waals surface area (Å²) in [5.41, 5.74) is 0.997. The zero-order chi connectivity index (χ0) is 20.5. The largest absolute Gasteiger partial charge is 0.505 e. The fourth-order valence-electron chi connectivity index (χ4n) is 4.88. The van der Waals surface area contributed by atoms with Gasteiger partial charge >= 0.3 is 5.97 Å². The molecule has 1 atom stereocenters. The summed E-state index contributed by atoms with van der Waals surface area (Å²) in [4.78, 5) is 12.7. The fraction of sp³-hybridized carbons (Fsp3) is 0.458. The molecule has 0 amide bonds. The maximum absolute atomic E-state index is 15.1. The number of carbonyl (C=O) groups excluding carboxylic acids is 1. The maximum atomic E-state index is 15.1. The first-order valence-corrected chi connectivity index (χ1v) is 10.5. The van der Waals surface area contributed by atoms with Crippen LogP contribution in [0.1, 0.15) is 61.4 Å². The monoisotopic (exact) mass is 400 g/mol. The van der Waals surface area contributed by atoms with Crippen molar-refractivity contribution < 1.29 is 23.4 Å². The number of carbonyl (C=O) groups is 1. The number of esters is 1. The third kappa shape index (κ3) is 3.87. The molecule has 1 aliphatic carbocycles. The Labute approximate surface area is 169 Å². The molecule has 1 unspecified atom stereocenters. The second-order valence-electron chi connectivity index (χ2n) is 8.34. The van der Waals surface area contributed by atoms with E-state index in [9.17, 15) is 14.3 Å². The molecule has 0 radical (unpaired) electrons. The Morgan fingerprint density at radius 3 is 2.55 bits per heavy atom. The Morgan fingerprint density at radius 2 is 1.86 bits per heavy atom. The van der Waals surface area contributed by atoms with E-state index in [1.54, 1.807) is 12.1 Å². The molecule has 5 heteroatoms. The number of benzene rings is 2. The average molecular weight is 400 g/mol. The molecular weight excluding hydrogens is 374 g/mol. The van der Waals surface area contributed by atoms with Crippen LogP contribution < -0.4 is 0 Å². The first-order valence-electron chi connectivity index (χ1n) is 10.5. The third-order valence-corrected chi connectivity index (χ3v) is 6.48. The molecule has 3 nitrogen and oxygen atoms in total. The Morgan fingerprint density at radius 1 is 1.10 bits per heavy atom. The van der Waals surface area contributed by atoms with Crippen molar-refractivity contribution in [3.05, 3.63) is 53.1 Å². The molecular formula is C24H26F2O3. The van der Waals surface area contributed by atoms with Crippen molar-refractivity contribution in [2.45, 2.75) is 58.0 Å². The minimum atomic E-state index is -0.832. The van der Waals surface area contributed by atoms with E-state index in [2.05, 4.69) is 6.92 Å². The minimum absolute atomic E-state index is 0.0492. The Kier molecular flexibility index (Phi) is 5.57. The summed E-state index contributed by atoms with van der Waals surface area (Å²) in [7, 11) is 0. The third-order valence-electron chi connectivity index (χ3n) is 6.48. The van der Waals surface area contributed by atoms with Crippen molar-refractivity contribution in [2.75, 3.05) is 0 Å². The number of phenols is 1. The van der Waals surface area contributed by atoms with Crippen LogP contribution in [0.5, 0.6) is 5.75 Å². The van der Waals surface area contributed by atoms with Gasteiger partial charge in [0.2, 0.25) is 0 Å². The average Bonchev–Trinajstić information content (AvgIpc) is 2.71. The molecule has 2 aromatic rings. The topological polar surface area (TPSA) is 46.5 Å². The molecule has 1 heterocycles. The van der Waals surface area contributed by atoms with Gasteiger partial charge in [-0.15, -0.1) is 0 Å². The van der Waals surface area contributed by atoms with Crippen molar-refractivity contribution in [3.63, 3.8) is 0 Å². The molecule has 4 rings (SSSR count). The van der Waals surface area contributed by atoms with Crippen molar-refractivity contribution >= 4 is 5.97 Å². The Bertz CT molecular complexity index is 917. The molecule has 0 aromatic heterocycles. The Hall–Kier alpha value is -2.43. The molecule has 0 bridgehead atoms. The number of cyclic esters (lactones) is 1. The van der Waals surface area contributed by atoms with Crippen LogP contribution in [0.25, 0.3) is 11.1 Å². The van der Waals surface area contributed by atoms with Crippen LogP contribution in [0.2, 0.25) is 0 Å². The van der Waals surface area contributed by atoms with Crippen LogP contribution in [0.15, 0.2) is 30.3 Å². The van der Waals surface area contributed by atoms with Gasteiger partial charge in [0.15, 0.2) is 11.6 Å².